The van der Waals surface area contributed by atoms with Gasteiger partial charge in [-0.1, -0.05) is 18.2 Å². The fraction of sp³-hybridized carbons (Fsp3) is 0.389. The molecule has 2 heteroatoms. The van der Waals surface area contributed by atoms with E-state index in [0.717, 1.165) is 5.69 Å². The fourth-order valence-corrected chi connectivity index (χ4v) is 2.63. The highest BCUT2D eigenvalue weighted by molar-refractivity contribution is 5.38. The van der Waals surface area contributed by atoms with Crippen LogP contribution in [0.4, 0.5) is 0 Å². The summed E-state index contributed by atoms with van der Waals surface area (Å²) in [5.74, 6) is 0. The first kappa shape index (κ1) is 14.7. The molecule has 20 heavy (non-hydrogen) atoms. The van der Waals surface area contributed by atoms with Gasteiger partial charge in [0.15, 0.2) is 0 Å². The molecule has 0 spiro atoms. The molecule has 1 N–H and O–H groups in total. The maximum atomic E-state index is 4.42. The van der Waals surface area contributed by atoms with Gasteiger partial charge in [0.2, 0.25) is 0 Å². The lowest BCUT2D eigenvalue weighted by Crippen LogP contribution is -2.23. The summed E-state index contributed by atoms with van der Waals surface area (Å²) in [5, 5.41) is 3.64. The molecule has 1 aromatic carbocycles. The van der Waals surface area contributed by atoms with E-state index in [-0.39, 0.29) is 6.04 Å². The van der Waals surface area contributed by atoms with Crippen molar-refractivity contribution in [2.45, 2.75) is 46.7 Å². The second kappa shape index (κ2) is 6.19. The Labute approximate surface area is 122 Å². The van der Waals surface area contributed by atoms with Gasteiger partial charge >= 0.3 is 0 Å². The molecule has 0 saturated heterocycles. The molecule has 0 amide bonds. The molecule has 2 nitrogen and oxygen atoms in total. The van der Waals surface area contributed by atoms with Crippen LogP contribution in [0.3, 0.4) is 0 Å². The van der Waals surface area contributed by atoms with Gasteiger partial charge in [0.1, 0.15) is 0 Å². The number of rotatable bonds is 4. The first-order valence-electron chi connectivity index (χ1n) is 7.23. The SMILES string of the molecule is Cc1cc(C)c(C(C)N[C@H](C)c2ccccn2)cc1C. The molecule has 0 aliphatic carbocycles. The summed E-state index contributed by atoms with van der Waals surface area (Å²) >= 11 is 0. The molecule has 106 valence electrons. The van der Waals surface area contributed by atoms with E-state index >= 15 is 0 Å². The van der Waals surface area contributed by atoms with Crippen LogP contribution in [0.2, 0.25) is 0 Å². The smallest absolute Gasteiger partial charge is 0.0570 e. The highest BCUT2D eigenvalue weighted by Crippen LogP contribution is 2.24. The van der Waals surface area contributed by atoms with Crippen molar-refractivity contribution in [3.8, 4) is 0 Å². The summed E-state index contributed by atoms with van der Waals surface area (Å²) in [6.45, 7) is 10.9. The van der Waals surface area contributed by atoms with E-state index in [0.29, 0.717) is 6.04 Å². The van der Waals surface area contributed by atoms with E-state index in [1.165, 1.54) is 22.3 Å². The molecular weight excluding hydrogens is 244 g/mol. The van der Waals surface area contributed by atoms with E-state index in [1.807, 2.05) is 18.3 Å². The van der Waals surface area contributed by atoms with Gasteiger partial charge in [-0.25, -0.2) is 0 Å². The van der Waals surface area contributed by atoms with Crippen LogP contribution in [0.5, 0.6) is 0 Å². The fourth-order valence-electron chi connectivity index (χ4n) is 2.63. The van der Waals surface area contributed by atoms with Gasteiger partial charge in [-0.15, -0.1) is 0 Å². The lowest BCUT2D eigenvalue weighted by molar-refractivity contribution is 0.485. The van der Waals surface area contributed by atoms with Crippen LogP contribution < -0.4 is 5.32 Å². The number of benzene rings is 1. The molecule has 1 aromatic heterocycles. The van der Waals surface area contributed by atoms with Gasteiger partial charge in [-0.2, -0.15) is 0 Å². The third-order valence-electron chi connectivity index (χ3n) is 3.98. The van der Waals surface area contributed by atoms with E-state index in [2.05, 4.69) is 63.1 Å². The molecule has 0 bridgehead atoms. The van der Waals surface area contributed by atoms with Crippen molar-refractivity contribution in [3.05, 3.63) is 64.5 Å². The average molecular weight is 268 g/mol. The molecular formula is C18H24N2. The lowest BCUT2D eigenvalue weighted by Gasteiger charge is -2.22. The van der Waals surface area contributed by atoms with Crippen LogP contribution in [-0.4, -0.2) is 4.98 Å². The Bertz CT molecular complexity index is 575. The van der Waals surface area contributed by atoms with Gasteiger partial charge in [0.25, 0.3) is 0 Å². The van der Waals surface area contributed by atoms with E-state index in [1.54, 1.807) is 0 Å². The number of nitrogens with one attached hydrogen (secondary N) is 1. The Hall–Kier alpha value is -1.67. The Morgan fingerprint density at radius 3 is 2.25 bits per heavy atom. The van der Waals surface area contributed by atoms with Crippen LogP contribution in [-0.2, 0) is 0 Å². The Kier molecular flexibility index (Phi) is 4.56. The summed E-state index contributed by atoms with van der Waals surface area (Å²) in [6.07, 6.45) is 1.85. The van der Waals surface area contributed by atoms with E-state index in [4.69, 9.17) is 0 Å². The van der Waals surface area contributed by atoms with E-state index in [9.17, 15) is 0 Å². The normalized spacial score (nSPS) is 14.1. The molecule has 1 unspecified atom stereocenters. The number of nitrogens with zero attached hydrogens (tertiary/aromatic N) is 1. The molecule has 0 saturated carbocycles. The van der Waals surface area contributed by atoms with Gasteiger partial charge in [0, 0.05) is 18.3 Å². The number of aromatic nitrogens is 1. The molecule has 0 aliphatic rings. The van der Waals surface area contributed by atoms with Crippen LogP contribution in [0.1, 0.15) is 53.9 Å². The lowest BCUT2D eigenvalue weighted by atomic mass is 9.96. The Balaban J connectivity index is 2.16. The van der Waals surface area contributed by atoms with Crippen molar-refractivity contribution in [3.63, 3.8) is 0 Å². The topological polar surface area (TPSA) is 24.9 Å². The van der Waals surface area contributed by atoms with Crippen molar-refractivity contribution in [1.82, 2.24) is 10.3 Å². The standard InChI is InChI=1S/C18H24N2/c1-12-10-14(3)17(11-13(12)2)15(4)20-16(5)18-8-6-7-9-19-18/h6-11,15-16,20H,1-5H3/t15?,16-/m1/s1. The maximum absolute atomic E-state index is 4.42. The molecule has 2 atom stereocenters. The highest BCUT2D eigenvalue weighted by atomic mass is 15.0. The number of hydrogen-bond acceptors (Lipinski definition) is 2. The molecule has 1 heterocycles. The summed E-state index contributed by atoms with van der Waals surface area (Å²) in [4.78, 5) is 4.42. The van der Waals surface area contributed by atoms with Crippen molar-refractivity contribution >= 4 is 0 Å². The van der Waals surface area contributed by atoms with Crippen LogP contribution in [0, 0.1) is 20.8 Å². The third kappa shape index (κ3) is 3.26. The van der Waals surface area contributed by atoms with Crippen molar-refractivity contribution in [1.29, 1.82) is 0 Å². The number of pyridine rings is 1. The number of hydrogen-bond donors (Lipinski definition) is 1. The minimum atomic E-state index is 0.243. The largest absolute Gasteiger partial charge is 0.302 e. The predicted molar refractivity (Wildman–Crippen MR) is 84.9 cm³/mol. The van der Waals surface area contributed by atoms with Gasteiger partial charge in [0.05, 0.1) is 5.69 Å². The average Bonchev–Trinajstić information content (AvgIpc) is 2.43. The summed E-state index contributed by atoms with van der Waals surface area (Å²) in [6, 6.07) is 11.2. The molecule has 2 rings (SSSR count). The first-order valence-corrected chi connectivity index (χ1v) is 7.23. The minimum absolute atomic E-state index is 0.243. The minimum Gasteiger partial charge on any atom is -0.302 e. The van der Waals surface area contributed by atoms with E-state index < -0.39 is 0 Å². The molecule has 0 aliphatic heterocycles. The Morgan fingerprint density at radius 2 is 1.60 bits per heavy atom. The quantitative estimate of drug-likeness (QED) is 0.888. The van der Waals surface area contributed by atoms with Gasteiger partial charge in [-0.3, -0.25) is 4.98 Å². The van der Waals surface area contributed by atoms with Crippen molar-refractivity contribution in [2.24, 2.45) is 0 Å². The summed E-state index contributed by atoms with van der Waals surface area (Å²) < 4.78 is 0. The highest BCUT2D eigenvalue weighted by Gasteiger charge is 2.14. The predicted octanol–water partition coefficient (Wildman–Crippen LogP) is 4.42. The Morgan fingerprint density at radius 1 is 0.900 bits per heavy atom. The van der Waals surface area contributed by atoms with Crippen LogP contribution in [0.25, 0.3) is 0 Å². The molecule has 2 aromatic rings. The zero-order chi connectivity index (χ0) is 14.7. The zero-order valence-electron chi connectivity index (χ0n) is 13.1. The first-order chi connectivity index (χ1) is 9.49. The monoisotopic (exact) mass is 268 g/mol. The van der Waals surface area contributed by atoms with Crippen LogP contribution >= 0.6 is 0 Å². The summed E-state index contributed by atoms with van der Waals surface area (Å²) in [7, 11) is 0. The molecule has 0 radical (unpaired) electrons. The second-order valence-corrected chi connectivity index (χ2v) is 5.66. The molecule has 0 fully saturated rings. The zero-order valence-corrected chi connectivity index (χ0v) is 13.1. The van der Waals surface area contributed by atoms with Crippen LogP contribution in [0.15, 0.2) is 36.5 Å². The summed E-state index contributed by atoms with van der Waals surface area (Å²) in [5.41, 5.74) is 6.51. The maximum Gasteiger partial charge on any atom is 0.0570 e. The third-order valence-corrected chi connectivity index (χ3v) is 3.98. The van der Waals surface area contributed by atoms with Gasteiger partial charge < -0.3 is 5.32 Å². The number of aryl methyl sites for hydroxylation is 3. The second-order valence-electron chi connectivity index (χ2n) is 5.66. The van der Waals surface area contributed by atoms with Crippen molar-refractivity contribution in [2.75, 3.05) is 0 Å². The van der Waals surface area contributed by atoms with Crippen molar-refractivity contribution < 1.29 is 0 Å². The van der Waals surface area contributed by atoms with Gasteiger partial charge in [-0.05, 0) is 69.0 Å².